The standard InChI is InChI=1S/C27H25F2N6O3P/c1-38-22-9-7-19(8-10-22)32-26(31-17-36)33-27(37)34(13-18-11-23(28)25(29)24(39)12-18)14-20-15-35(16-30-20)21-5-3-2-4-6-21/h2-12,15-17H,13-14,39H2,1H3,(H2,31,32,33,36,37). The van der Waals surface area contributed by atoms with Crippen LogP contribution in [-0.2, 0) is 17.9 Å². The number of carbonyl (C=O) groups excluding carboxylic acids is 2. The molecule has 12 heteroatoms. The van der Waals surface area contributed by atoms with E-state index in [-0.39, 0.29) is 24.4 Å². The van der Waals surface area contributed by atoms with Crippen molar-refractivity contribution in [2.45, 2.75) is 13.1 Å². The van der Waals surface area contributed by atoms with Crippen molar-refractivity contribution in [3.63, 3.8) is 0 Å². The fourth-order valence-corrected chi connectivity index (χ4v) is 4.03. The van der Waals surface area contributed by atoms with Gasteiger partial charge < -0.3 is 14.2 Å². The average molecular weight is 551 g/mol. The lowest BCUT2D eigenvalue weighted by Gasteiger charge is -2.23. The molecule has 0 aliphatic carbocycles. The molecule has 3 amide bonds. The third-order valence-electron chi connectivity index (χ3n) is 5.55. The highest BCUT2D eigenvalue weighted by atomic mass is 31.0. The van der Waals surface area contributed by atoms with Crippen molar-refractivity contribution < 1.29 is 23.1 Å². The zero-order valence-electron chi connectivity index (χ0n) is 20.8. The summed E-state index contributed by atoms with van der Waals surface area (Å²) in [5.41, 5.74) is 2.22. The number of guanidine groups is 1. The van der Waals surface area contributed by atoms with Crippen LogP contribution in [0.3, 0.4) is 0 Å². The number of hydrogen-bond acceptors (Lipinski definition) is 5. The Morgan fingerprint density at radius 2 is 1.87 bits per heavy atom. The summed E-state index contributed by atoms with van der Waals surface area (Å²) in [5, 5.41) is 4.97. The first-order chi connectivity index (χ1) is 18.9. The molecule has 200 valence electrons. The van der Waals surface area contributed by atoms with Crippen LogP contribution in [0.2, 0.25) is 0 Å². The van der Waals surface area contributed by atoms with Gasteiger partial charge >= 0.3 is 6.03 Å². The fourth-order valence-electron chi connectivity index (χ4n) is 3.68. The molecule has 0 fully saturated rings. The quantitative estimate of drug-likeness (QED) is 0.151. The Kier molecular flexibility index (Phi) is 8.96. The molecule has 9 nitrogen and oxygen atoms in total. The van der Waals surface area contributed by atoms with Crippen LogP contribution in [0.1, 0.15) is 11.3 Å². The normalized spacial score (nSPS) is 11.1. The van der Waals surface area contributed by atoms with Crippen LogP contribution in [-0.4, -0.2) is 40.0 Å². The maximum atomic E-state index is 14.1. The summed E-state index contributed by atoms with van der Waals surface area (Å²) in [4.78, 5) is 34.6. The van der Waals surface area contributed by atoms with Crippen molar-refractivity contribution in [3.05, 3.63) is 102 Å². The molecular weight excluding hydrogens is 525 g/mol. The fraction of sp³-hybridized carbons (Fsp3) is 0.111. The van der Waals surface area contributed by atoms with Gasteiger partial charge in [-0.15, -0.1) is 9.24 Å². The summed E-state index contributed by atoms with van der Waals surface area (Å²) >= 11 is 0. The van der Waals surface area contributed by atoms with Crippen molar-refractivity contribution in [1.82, 2.24) is 25.1 Å². The van der Waals surface area contributed by atoms with Gasteiger partial charge in [-0.2, -0.15) is 0 Å². The molecule has 0 spiro atoms. The topological polar surface area (TPSA) is 101 Å². The van der Waals surface area contributed by atoms with E-state index in [4.69, 9.17) is 4.74 Å². The minimum atomic E-state index is -1.03. The zero-order valence-corrected chi connectivity index (χ0v) is 22.0. The van der Waals surface area contributed by atoms with E-state index < -0.39 is 17.7 Å². The molecule has 1 atom stereocenters. The van der Waals surface area contributed by atoms with E-state index in [2.05, 4.69) is 29.8 Å². The number of nitrogens with zero attached hydrogens (tertiary/aromatic N) is 4. The van der Waals surface area contributed by atoms with Gasteiger partial charge in [0, 0.05) is 23.7 Å². The van der Waals surface area contributed by atoms with Gasteiger partial charge in [0.05, 0.1) is 31.4 Å². The molecule has 0 saturated heterocycles. The first-order valence-corrected chi connectivity index (χ1v) is 12.2. The second-order valence-electron chi connectivity index (χ2n) is 8.30. The molecule has 1 aromatic heterocycles. The van der Waals surface area contributed by atoms with E-state index in [1.807, 2.05) is 30.3 Å². The van der Waals surface area contributed by atoms with Gasteiger partial charge in [-0.1, -0.05) is 18.2 Å². The molecule has 1 heterocycles. The first-order valence-electron chi connectivity index (χ1n) is 11.7. The minimum Gasteiger partial charge on any atom is -0.497 e. The summed E-state index contributed by atoms with van der Waals surface area (Å²) in [6.45, 7) is -0.0622. The smallest absolute Gasteiger partial charge is 0.324 e. The lowest BCUT2D eigenvalue weighted by atomic mass is 10.2. The van der Waals surface area contributed by atoms with E-state index >= 15 is 0 Å². The van der Waals surface area contributed by atoms with Gasteiger partial charge in [-0.3, -0.25) is 15.4 Å². The number of benzene rings is 3. The van der Waals surface area contributed by atoms with Crippen molar-refractivity contribution in [2.24, 2.45) is 4.99 Å². The van der Waals surface area contributed by atoms with E-state index in [1.54, 1.807) is 41.4 Å². The summed E-state index contributed by atoms with van der Waals surface area (Å²) < 4.78 is 34.9. The molecule has 0 bridgehead atoms. The number of rotatable bonds is 8. The lowest BCUT2D eigenvalue weighted by molar-refractivity contribution is -0.108. The zero-order chi connectivity index (χ0) is 27.8. The number of para-hydroxylation sites is 1. The number of aliphatic imine (C=N–C) groups is 1. The number of hydrogen-bond donors (Lipinski definition) is 2. The molecule has 0 aliphatic heterocycles. The maximum Gasteiger partial charge on any atom is 0.324 e. The molecule has 0 aliphatic rings. The van der Waals surface area contributed by atoms with E-state index in [1.165, 1.54) is 18.1 Å². The third-order valence-corrected chi connectivity index (χ3v) is 5.97. The predicted molar refractivity (Wildman–Crippen MR) is 146 cm³/mol. The Morgan fingerprint density at radius 1 is 1.13 bits per heavy atom. The molecule has 39 heavy (non-hydrogen) atoms. The van der Waals surface area contributed by atoms with Crippen LogP contribution >= 0.6 is 9.24 Å². The van der Waals surface area contributed by atoms with Crippen molar-refractivity contribution in [3.8, 4) is 11.4 Å². The van der Waals surface area contributed by atoms with Crippen molar-refractivity contribution in [2.75, 3.05) is 7.11 Å². The van der Waals surface area contributed by atoms with Crippen LogP contribution < -0.4 is 20.7 Å². The monoisotopic (exact) mass is 550 g/mol. The average Bonchev–Trinajstić information content (AvgIpc) is 3.41. The summed E-state index contributed by atoms with van der Waals surface area (Å²) in [6, 6.07) is 18.0. The van der Waals surface area contributed by atoms with Crippen molar-refractivity contribution >= 4 is 38.6 Å². The highest BCUT2D eigenvalue weighted by Gasteiger charge is 2.20. The Labute approximate surface area is 225 Å². The van der Waals surface area contributed by atoms with E-state index in [0.29, 0.717) is 29.1 Å². The maximum absolute atomic E-state index is 14.1. The van der Waals surface area contributed by atoms with Crippen LogP contribution in [0.25, 0.3) is 5.69 Å². The number of aromatic nitrogens is 2. The SMILES string of the molecule is COc1ccc(N=C(NC=O)NC(=O)N(Cc2cc(F)c(F)c(P)c2)Cc2cn(-c3ccccc3)cn2)cc1. The molecule has 0 saturated carbocycles. The number of halogens is 2. The van der Waals surface area contributed by atoms with Crippen LogP contribution in [0.5, 0.6) is 5.75 Å². The Balaban J connectivity index is 1.60. The summed E-state index contributed by atoms with van der Waals surface area (Å²) in [5.74, 6) is -1.53. The largest absolute Gasteiger partial charge is 0.497 e. The highest BCUT2D eigenvalue weighted by molar-refractivity contribution is 7.27. The Hall–Kier alpha value is -4.63. The van der Waals surface area contributed by atoms with Gasteiger partial charge in [-0.05, 0) is 54.1 Å². The number of nitrogens with one attached hydrogen (secondary N) is 2. The van der Waals surface area contributed by atoms with Crippen LogP contribution in [0.4, 0.5) is 19.3 Å². The number of methoxy groups -OCH3 is 1. The third kappa shape index (κ3) is 7.24. The van der Waals surface area contributed by atoms with Crippen molar-refractivity contribution in [1.29, 1.82) is 0 Å². The number of ether oxygens (including phenoxy) is 1. The minimum absolute atomic E-state index is 0.0216. The van der Waals surface area contributed by atoms with Gasteiger partial charge in [0.25, 0.3) is 0 Å². The second kappa shape index (κ2) is 12.7. The summed E-state index contributed by atoms with van der Waals surface area (Å²) in [7, 11) is 3.67. The van der Waals surface area contributed by atoms with Gasteiger partial charge in [0.15, 0.2) is 11.6 Å². The van der Waals surface area contributed by atoms with Gasteiger partial charge in [0.2, 0.25) is 12.4 Å². The number of urea groups is 1. The van der Waals surface area contributed by atoms with Gasteiger partial charge in [-0.25, -0.2) is 23.6 Å². The number of imidazole rings is 1. The van der Waals surface area contributed by atoms with Crippen LogP contribution in [0, 0.1) is 11.6 Å². The second-order valence-corrected chi connectivity index (χ2v) is 8.92. The van der Waals surface area contributed by atoms with Gasteiger partial charge in [0.1, 0.15) is 5.75 Å². The molecule has 4 rings (SSSR count). The van der Waals surface area contributed by atoms with Crippen LogP contribution in [0.15, 0.2) is 84.2 Å². The molecular formula is C27H25F2N6O3P. The Bertz CT molecular complexity index is 1460. The molecule has 1 unspecified atom stereocenters. The summed E-state index contributed by atoms with van der Waals surface area (Å²) in [6.07, 6.45) is 3.76. The molecule has 0 radical (unpaired) electrons. The molecule has 4 aromatic rings. The van der Waals surface area contributed by atoms with E-state index in [0.717, 1.165) is 11.8 Å². The first kappa shape index (κ1) is 27.4. The predicted octanol–water partition coefficient (Wildman–Crippen LogP) is 3.81. The highest BCUT2D eigenvalue weighted by Crippen LogP contribution is 2.18. The number of amides is 3. The van der Waals surface area contributed by atoms with E-state index in [9.17, 15) is 18.4 Å². The number of carbonyl (C=O) groups is 2. The Morgan fingerprint density at radius 3 is 2.54 bits per heavy atom. The molecule has 2 N–H and O–H groups in total. The molecule has 3 aromatic carbocycles. The lowest BCUT2D eigenvalue weighted by Crippen LogP contribution is -2.47.